The molecule has 0 fully saturated rings. The molecule has 2 aromatic rings. The molecule has 1 atom stereocenters. The number of carbonyl (C=O) groups is 2. The molecule has 6 nitrogen and oxygen atoms in total. The third kappa shape index (κ3) is 5.52. The molecule has 0 saturated carbocycles. The maximum absolute atomic E-state index is 12.2. The fourth-order valence-electron chi connectivity index (χ4n) is 1.62. The Hall–Kier alpha value is -1.58. The van der Waals surface area contributed by atoms with E-state index in [1.807, 2.05) is 13.2 Å². The second-order valence-corrected chi connectivity index (χ2v) is 8.16. The quantitative estimate of drug-likeness (QED) is 0.761. The predicted octanol–water partition coefficient (Wildman–Crippen LogP) is 3.34. The maximum atomic E-state index is 12.2. The SMILES string of the molecule is CSc1nnc(S[C@@H](C)C(=O)Nc2ccc(NC(C)=O)cc2)s1. The normalized spacial score (nSPS) is 11.8. The molecule has 0 bridgehead atoms. The first-order valence-corrected chi connectivity index (χ1v) is 9.62. The van der Waals surface area contributed by atoms with Crippen LogP contribution in [0, 0.1) is 0 Å². The third-order valence-corrected chi connectivity index (χ3v) is 5.77. The van der Waals surface area contributed by atoms with Crippen molar-refractivity contribution in [2.24, 2.45) is 0 Å². The lowest BCUT2D eigenvalue weighted by molar-refractivity contribution is -0.115. The number of nitrogens with one attached hydrogen (secondary N) is 2. The van der Waals surface area contributed by atoms with Crippen molar-refractivity contribution in [1.29, 1.82) is 0 Å². The van der Waals surface area contributed by atoms with Gasteiger partial charge in [0.05, 0.1) is 5.25 Å². The summed E-state index contributed by atoms with van der Waals surface area (Å²) in [5.41, 5.74) is 1.37. The van der Waals surface area contributed by atoms with E-state index >= 15 is 0 Å². The van der Waals surface area contributed by atoms with E-state index in [1.54, 1.807) is 24.3 Å². The summed E-state index contributed by atoms with van der Waals surface area (Å²) in [7, 11) is 0. The first-order chi connectivity index (χ1) is 11.0. The fraction of sp³-hybridized carbons (Fsp3) is 0.286. The zero-order valence-electron chi connectivity index (χ0n) is 12.8. The lowest BCUT2D eigenvalue weighted by atomic mass is 10.2. The minimum Gasteiger partial charge on any atom is -0.326 e. The van der Waals surface area contributed by atoms with Gasteiger partial charge in [-0.15, -0.1) is 10.2 Å². The van der Waals surface area contributed by atoms with Gasteiger partial charge in [0.1, 0.15) is 0 Å². The van der Waals surface area contributed by atoms with E-state index in [-0.39, 0.29) is 17.1 Å². The van der Waals surface area contributed by atoms with Gasteiger partial charge < -0.3 is 10.6 Å². The molecule has 0 aliphatic heterocycles. The van der Waals surface area contributed by atoms with Gasteiger partial charge in [-0.3, -0.25) is 9.59 Å². The van der Waals surface area contributed by atoms with E-state index in [4.69, 9.17) is 0 Å². The van der Waals surface area contributed by atoms with Crippen LogP contribution in [0.3, 0.4) is 0 Å². The molecule has 1 aromatic heterocycles. The van der Waals surface area contributed by atoms with Crippen molar-refractivity contribution in [1.82, 2.24) is 10.2 Å². The highest BCUT2D eigenvalue weighted by molar-refractivity contribution is 8.03. The average molecular weight is 369 g/mol. The standard InChI is InChI=1S/C14H16N4O2S3/c1-8(22-14-18-17-13(21-3)23-14)12(20)16-11-6-4-10(5-7-11)15-9(2)19/h4-8H,1-3H3,(H,15,19)(H,16,20)/t8-/m0/s1. The summed E-state index contributed by atoms with van der Waals surface area (Å²) in [5, 5.41) is 13.3. The van der Waals surface area contributed by atoms with Crippen molar-refractivity contribution in [3.63, 3.8) is 0 Å². The Morgan fingerprint density at radius 2 is 1.65 bits per heavy atom. The van der Waals surface area contributed by atoms with Crippen LogP contribution in [0.2, 0.25) is 0 Å². The summed E-state index contributed by atoms with van der Waals surface area (Å²) >= 11 is 4.39. The van der Waals surface area contributed by atoms with Crippen molar-refractivity contribution in [3.05, 3.63) is 24.3 Å². The van der Waals surface area contributed by atoms with Gasteiger partial charge >= 0.3 is 0 Å². The smallest absolute Gasteiger partial charge is 0.237 e. The Morgan fingerprint density at radius 3 is 2.17 bits per heavy atom. The highest BCUT2D eigenvalue weighted by Gasteiger charge is 2.17. The van der Waals surface area contributed by atoms with Crippen LogP contribution in [0.25, 0.3) is 0 Å². The Balaban J connectivity index is 1.91. The minimum absolute atomic E-state index is 0.108. The number of hydrogen-bond donors (Lipinski definition) is 2. The molecular formula is C14H16N4O2S3. The Labute approximate surface area is 146 Å². The van der Waals surface area contributed by atoms with E-state index in [2.05, 4.69) is 20.8 Å². The first kappa shape index (κ1) is 17.8. The van der Waals surface area contributed by atoms with Crippen molar-refractivity contribution in [2.75, 3.05) is 16.9 Å². The van der Waals surface area contributed by atoms with Crippen molar-refractivity contribution < 1.29 is 9.59 Å². The van der Waals surface area contributed by atoms with Crippen molar-refractivity contribution >= 4 is 58.0 Å². The van der Waals surface area contributed by atoms with E-state index in [0.29, 0.717) is 11.4 Å². The third-order valence-electron chi connectivity index (χ3n) is 2.68. The Morgan fingerprint density at radius 1 is 1.09 bits per heavy atom. The largest absolute Gasteiger partial charge is 0.326 e. The first-order valence-electron chi connectivity index (χ1n) is 6.70. The van der Waals surface area contributed by atoms with Gasteiger partial charge in [-0.05, 0) is 37.4 Å². The maximum Gasteiger partial charge on any atom is 0.237 e. The summed E-state index contributed by atoms with van der Waals surface area (Å²) in [4.78, 5) is 23.2. The topological polar surface area (TPSA) is 84.0 Å². The van der Waals surface area contributed by atoms with Crippen LogP contribution in [-0.2, 0) is 9.59 Å². The zero-order chi connectivity index (χ0) is 16.8. The molecule has 0 radical (unpaired) electrons. The molecule has 0 saturated heterocycles. The van der Waals surface area contributed by atoms with Gasteiger partial charge in [-0.2, -0.15) is 0 Å². The molecule has 0 unspecified atom stereocenters. The van der Waals surface area contributed by atoms with Gasteiger partial charge in [0.2, 0.25) is 11.8 Å². The lowest BCUT2D eigenvalue weighted by Gasteiger charge is -2.11. The number of hydrogen-bond acceptors (Lipinski definition) is 7. The van der Waals surface area contributed by atoms with Crippen molar-refractivity contribution in [3.8, 4) is 0 Å². The van der Waals surface area contributed by atoms with E-state index < -0.39 is 0 Å². The number of thioether (sulfide) groups is 2. The Kier molecular flexibility index (Phi) is 6.43. The van der Waals surface area contributed by atoms with Crippen LogP contribution < -0.4 is 10.6 Å². The summed E-state index contributed by atoms with van der Waals surface area (Å²) in [5.74, 6) is -0.239. The molecule has 23 heavy (non-hydrogen) atoms. The van der Waals surface area contributed by atoms with Crippen LogP contribution in [-0.4, -0.2) is 33.5 Å². The van der Waals surface area contributed by atoms with Gasteiger partial charge in [-0.1, -0.05) is 34.9 Å². The number of nitrogens with zero attached hydrogens (tertiary/aromatic N) is 2. The molecule has 0 aliphatic carbocycles. The van der Waals surface area contributed by atoms with Gasteiger partial charge in [0.15, 0.2) is 8.68 Å². The molecule has 0 aliphatic rings. The van der Waals surface area contributed by atoms with E-state index in [0.717, 1.165) is 8.68 Å². The second kappa shape index (κ2) is 8.32. The molecular weight excluding hydrogens is 352 g/mol. The number of anilines is 2. The number of rotatable bonds is 6. The lowest BCUT2D eigenvalue weighted by Crippen LogP contribution is -2.22. The van der Waals surface area contributed by atoms with Crippen LogP contribution in [0.15, 0.2) is 32.9 Å². The molecule has 122 valence electrons. The van der Waals surface area contributed by atoms with Gasteiger partial charge in [0, 0.05) is 18.3 Å². The molecule has 0 spiro atoms. The van der Waals surface area contributed by atoms with E-state index in [9.17, 15) is 9.59 Å². The fourth-order valence-corrected chi connectivity index (χ4v) is 4.20. The number of carbonyl (C=O) groups excluding carboxylic acids is 2. The number of benzene rings is 1. The van der Waals surface area contributed by atoms with Crippen LogP contribution in [0.4, 0.5) is 11.4 Å². The van der Waals surface area contributed by atoms with E-state index in [1.165, 1.54) is 41.8 Å². The number of aromatic nitrogens is 2. The highest BCUT2D eigenvalue weighted by atomic mass is 32.2. The molecule has 2 N–H and O–H groups in total. The molecule has 2 rings (SSSR count). The molecule has 9 heteroatoms. The summed E-state index contributed by atoms with van der Waals surface area (Å²) in [6.07, 6.45) is 1.94. The van der Waals surface area contributed by atoms with Gasteiger partial charge in [0.25, 0.3) is 0 Å². The summed E-state index contributed by atoms with van der Waals surface area (Å²) in [6, 6.07) is 6.98. The van der Waals surface area contributed by atoms with Crippen LogP contribution in [0.1, 0.15) is 13.8 Å². The average Bonchev–Trinajstić information content (AvgIpc) is 2.96. The molecule has 2 amide bonds. The van der Waals surface area contributed by atoms with Crippen LogP contribution in [0.5, 0.6) is 0 Å². The Bertz CT molecular complexity index is 688. The zero-order valence-corrected chi connectivity index (χ0v) is 15.3. The minimum atomic E-state index is -0.285. The van der Waals surface area contributed by atoms with Crippen LogP contribution >= 0.6 is 34.9 Å². The molecule has 1 aromatic carbocycles. The molecule has 1 heterocycles. The number of amides is 2. The summed E-state index contributed by atoms with van der Waals surface area (Å²) in [6.45, 7) is 3.27. The highest BCUT2D eigenvalue weighted by Crippen LogP contribution is 2.30. The predicted molar refractivity (Wildman–Crippen MR) is 96.4 cm³/mol. The van der Waals surface area contributed by atoms with Crippen molar-refractivity contribution in [2.45, 2.75) is 27.8 Å². The second-order valence-electron chi connectivity index (χ2n) is 4.55. The van der Waals surface area contributed by atoms with Gasteiger partial charge in [-0.25, -0.2) is 0 Å². The summed E-state index contributed by atoms with van der Waals surface area (Å²) < 4.78 is 1.66. The monoisotopic (exact) mass is 368 g/mol.